The summed E-state index contributed by atoms with van der Waals surface area (Å²) in [5.74, 6) is 0.844. The van der Waals surface area contributed by atoms with Crippen LogP contribution in [0, 0.1) is 69.2 Å². The Kier molecular flexibility index (Phi) is 10.9. The van der Waals surface area contributed by atoms with Crippen LogP contribution in [0.15, 0.2) is 59.7 Å². The third-order valence-electron chi connectivity index (χ3n) is 10.8. The van der Waals surface area contributed by atoms with E-state index in [0.717, 1.165) is 22.3 Å². The molecule has 4 aromatic carbocycles. The summed E-state index contributed by atoms with van der Waals surface area (Å²) in [4.78, 5) is 0. The van der Waals surface area contributed by atoms with Gasteiger partial charge in [0, 0.05) is 0 Å². The minimum absolute atomic E-state index is 0.422. The van der Waals surface area contributed by atoms with Crippen molar-refractivity contribution in [2.24, 2.45) is 0 Å². The molecule has 0 aromatic heterocycles. The molecule has 2 aliphatic rings. The first-order valence-corrected chi connectivity index (χ1v) is 31.0. The van der Waals surface area contributed by atoms with Crippen LogP contribution >= 0.6 is 0 Å². The van der Waals surface area contributed by atoms with Crippen molar-refractivity contribution in [1.29, 1.82) is 0 Å². The quantitative estimate of drug-likeness (QED) is 0.201. The summed E-state index contributed by atoms with van der Waals surface area (Å²) < 4.78 is 6.73. The molecule has 2 nitrogen and oxygen atoms in total. The molecule has 0 bridgehead atoms. The molecule has 254 valence electrons. The van der Waals surface area contributed by atoms with Gasteiger partial charge in [0.2, 0.25) is 0 Å². The van der Waals surface area contributed by atoms with Gasteiger partial charge in [-0.05, 0) is 63.8 Å². The molecular weight excluding hydrogens is 680 g/mol. The van der Waals surface area contributed by atoms with E-state index in [1.807, 2.05) is 65.8 Å². The number of fused-ring (bicyclic) bond motifs is 2. The fourth-order valence-electron chi connectivity index (χ4n) is 8.89. The van der Waals surface area contributed by atoms with Gasteiger partial charge in [0.05, 0.1) is 0 Å². The van der Waals surface area contributed by atoms with Crippen molar-refractivity contribution >= 4 is 19.0 Å². The fraction of sp³-hybridized carbons (Fsp3) is 0.364. The van der Waals surface area contributed by atoms with Crippen molar-refractivity contribution in [2.45, 2.75) is 99.6 Å². The van der Waals surface area contributed by atoms with E-state index in [9.17, 15) is 10.2 Å². The van der Waals surface area contributed by atoms with Gasteiger partial charge in [-0.15, -0.1) is 0 Å². The molecule has 48 heavy (non-hydrogen) atoms. The number of hydrogen-bond donors (Lipinski definition) is 2. The number of aryl methyl sites for hydroxylation is 10. The van der Waals surface area contributed by atoms with Crippen LogP contribution in [-0.4, -0.2) is 17.1 Å². The molecule has 0 fully saturated rings. The first-order valence-electron chi connectivity index (χ1n) is 17.3. The monoisotopic (exact) mass is 736 g/mol. The summed E-state index contributed by atoms with van der Waals surface area (Å²) >= 11 is -3.31. The van der Waals surface area contributed by atoms with E-state index in [-0.39, 0.29) is 0 Å². The Morgan fingerprint density at radius 2 is 0.729 bits per heavy atom. The van der Waals surface area contributed by atoms with Crippen LogP contribution in [0.2, 0.25) is 9.26 Å². The van der Waals surface area contributed by atoms with E-state index in [4.69, 9.17) is 0 Å². The average molecular weight is 738 g/mol. The second kappa shape index (κ2) is 13.8. The summed E-state index contributed by atoms with van der Waals surface area (Å²) in [5.41, 5.74) is 21.6. The summed E-state index contributed by atoms with van der Waals surface area (Å²) in [6.07, 6.45) is 5.02. The molecule has 0 amide bonds. The molecule has 2 N–H and O–H groups in total. The smallest absolute Gasteiger partial charge is 0.121 e. The van der Waals surface area contributed by atoms with Crippen LogP contribution in [-0.2, 0) is 17.4 Å². The molecule has 0 aliphatic heterocycles. The predicted octanol–water partition coefficient (Wildman–Crippen LogP) is 11.5. The standard InChI is InChI=1S/2C12H13.2C9H12O.2CH3.H2Si.Zr/c2*1-8-6-11-9(2)4-5-10(3)12(11)7-8;2*1-6-4-7(2)9(10)8(3)5-6;;;;/h2*4-7H,1-3H3;2*4-5,10H,1-3H3;2*1H3;1H2;. The van der Waals surface area contributed by atoms with Crippen LogP contribution in [0.3, 0.4) is 0 Å². The second-order valence-electron chi connectivity index (χ2n) is 16.1. The van der Waals surface area contributed by atoms with Crippen molar-refractivity contribution in [3.8, 4) is 11.5 Å². The zero-order valence-corrected chi connectivity index (χ0v) is 35.9. The molecule has 2 atom stereocenters. The van der Waals surface area contributed by atoms with E-state index >= 15 is 0 Å². The molecule has 2 aliphatic carbocycles. The fourth-order valence-corrected chi connectivity index (χ4v) is 30.2. The van der Waals surface area contributed by atoms with Crippen molar-refractivity contribution in [3.05, 3.63) is 138 Å². The zero-order chi connectivity index (χ0) is 36.1. The van der Waals surface area contributed by atoms with Gasteiger partial charge in [0.1, 0.15) is 11.5 Å². The van der Waals surface area contributed by atoms with E-state index in [2.05, 4.69) is 94.1 Å². The SMILES string of the molecule is CC1=Cc2c(C)ccc(C)c2[CH]1[Zr]([CH3])([CH3])(=[SiH2])[CH]1C(C)=Cc2c(C)ccc(C)c21.Cc1cc(C)c(O)c(C)c1.Cc1cc(C)c(O)c(C)c1. The van der Waals surface area contributed by atoms with Crippen LogP contribution in [0.4, 0.5) is 0 Å². The molecular formula is C44H58O2SiZr. The summed E-state index contributed by atoms with van der Waals surface area (Å²) in [7, 11) is 0. The Balaban J connectivity index is 0.000000212. The van der Waals surface area contributed by atoms with Gasteiger partial charge < -0.3 is 10.2 Å². The molecule has 4 heteroatoms. The Morgan fingerprint density at radius 1 is 0.458 bits per heavy atom. The molecule has 4 aromatic rings. The first kappa shape index (κ1) is 37.9. The van der Waals surface area contributed by atoms with E-state index in [1.165, 1.54) is 44.5 Å². The van der Waals surface area contributed by atoms with Crippen LogP contribution in [0.1, 0.15) is 99.0 Å². The summed E-state index contributed by atoms with van der Waals surface area (Å²) in [6, 6.07) is 17.2. The molecule has 0 radical (unpaired) electrons. The average Bonchev–Trinajstić information content (AvgIpc) is 3.55. The maximum Gasteiger partial charge on any atom is 0.121 e. The van der Waals surface area contributed by atoms with Gasteiger partial charge in [0.25, 0.3) is 0 Å². The third kappa shape index (κ3) is 7.17. The molecule has 0 saturated carbocycles. The number of benzene rings is 4. The van der Waals surface area contributed by atoms with E-state index in [1.54, 1.807) is 22.3 Å². The van der Waals surface area contributed by atoms with Crippen molar-refractivity contribution in [2.75, 3.05) is 0 Å². The molecule has 6 rings (SSSR count). The maximum atomic E-state index is 9.33. The first-order chi connectivity index (χ1) is 22.1. The number of hydrogen-bond acceptors (Lipinski definition) is 2. The number of rotatable bonds is 2. The number of aromatic hydroxyl groups is 2. The van der Waals surface area contributed by atoms with Crippen molar-refractivity contribution in [1.82, 2.24) is 0 Å². The maximum absolute atomic E-state index is 9.33. The minimum Gasteiger partial charge on any atom is -0.507 e. The van der Waals surface area contributed by atoms with Gasteiger partial charge in [-0.25, -0.2) is 0 Å². The van der Waals surface area contributed by atoms with Crippen LogP contribution < -0.4 is 0 Å². The van der Waals surface area contributed by atoms with Crippen LogP contribution in [0.25, 0.3) is 12.2 Å². The number of phenols is 2. The predicted molar refractivity (Wildman–Crippen MR) is 210 cm³/mol. The zero-order valence-electron chi connectivity index (χ0n) is 32.0. The second-order valence-corrected chi connectivity index (χ2v) is 46.6. The summed E-state index contributed by atoms with van der Waals surface area (Å²) in [5, 5.41) is 18.7. The number of allylic oxidation sites excluding steroid dienone is 2. The van der Waals surface area contributed by atoms with E-state index < -0.39 is 17.4 Å². The van der Waals surface area contributed by atoms with E-state index in [0.29, 0.717) is 18.8 Å². The molecule has 2 unspecified atom stereocenters. The van der Waals surface area contributed by atoms with Gasteiger partial charge in [-0.3, -0.25) is 0 Å². The normalized spacial score (nSPS) is 16.6. The van der Waals surface area contributed by atoms with Crippen molar-refractivity contribution < 1.29 is 27.6 Å². The summed E-state index contributed by atoms with van der Waals surface area (Å²) in [6.45, 7) is 28.2. The van der Waals surface area contributed by atoms with Crippen LogP contribution in [0.5, 0.6) is 11.5 Å². The molecule has 0 spiro atoms. The topological polar surface area (TPSA) is 40.5 Å². The van der Waals surface area contributed by atoms with Gasteiger partial charge in [-0.2, -0.15) is 0 Å². The Hall–Kier alpha value is -2.94. The van der Waals surface area contributed by atoms with Gasteiger partial charge in [0.15, 0.2) is 0 Å². The Morgan fingerprint density at radius 3 is 1.02 bits per heavy atom. The van der Waals surface area contributed by atoms with Gasteiger partial charge in [-0.1, -0.05) is 35.4 Å². The van der Waals surface area contributed by atoms with Gasteiger partial charge >= 0.3 is 174 Å². The van der Waals surface area contributed by atoms with Crippen molar-refractivity contribution in [3.63, 3.8) is 0 Å². The minimum atomic E-state index is -3.31. The molecule has 0 heterocycles. The Labute approximate surface area is 293 Å². The Bertz CT molecular complexity index is 1870. The molecule has 0 saturated heterocycles. The third-order valence-corrected chi connectivity index (χ3v) is 28.7. The number of phenolic OH excluding ortho intramolecular Hbond substituents is 2. The largest absolute Gasteiger partial charge is 0.507 e.